The minimum Gasteiger partial charge on any atom is -0.400 e. The first-order valence-electron chi connectivity index (χ1n) is 8.80. The number of amides is 1. The molecule has 0 radical (unpaired) electrons. The van der Waals surface area contributed by atoms with Crippen molar-refractivity contribution in [2.24, 2.45) is 10.7 Å². The van der Waals surface area contributed by atoms with Crippen LogP contribution in [0.15, 0.2) is 66.0 Å². The molecule has 1 heterocycles. The van der Waals surface area contributed by atoms with E-state index in [9.17, 15) is 4.79 Å². The van der Waals surface area contributed by atoms with Crippen LogP contribution in [0.25, 0.3) is 12.2 Å². The Morgan fingerprint density at radius 1 is 1.29 bits per heavy atom. The normalized spacial score (nSPS) is 12.6. The summed E-state index contributed by atoms with van der Waals surface area (Å²) >= 11 is 0. The number of nitrogens with two attached hydrogens (primary N) is 1. The zero-order valence-electron chi connectivity index (χ0n) is 16.4. The maximum atomic E-state index is 12.9. The van der Waals surface area contributed by atoms with Crippen molar-refractivity contribution in [3.05, 3.63) is 83.4 Å². The molecule has 0 aliphatic carbocycles. The number of nitrogens with one attached hydrogen (secondary N) is 2. The zero-order chi connectivity index (χ0) is 20.7. The molecule has 6 heteroatoms. The zero-order valence-corrected chi connectivity index (χ0v) is 16.4. The van der Waals surface area contributed by atoms with Crippen molar-refractivity contribution in [1.29, 1.82) is 0 Å². The lowest BCUT2D eigenvalue weighted by Gasteiger charge is -2.08. The molecule has 2 aromatic rings. The summed E-state index contributed by atoms with van der Waals surface area (Å²) in [7, 11) is 0. The molecule has 28 heavy (non-hydrogen) atoms. The Labute approximate surface area is 165 Å². The molecule has 0 atom stereocenters. The molecule has 1 aromatic carbocycles. The van der Waals surface area contributed by atoms with Crippen LogP contribution < -0.4 is 11.1 Å². The summed E-state index contributed by atoms with van der Waals surface area (Å²) in [5.41, 5.74) is 10.3. The van der Waals surface area contributed by atoms with E-state index in [0.717, 1.165) is 16.7 Å². The monoisotopic (exact) mass is 375 g/mol. The van der Waals surface area contributed by atoms with Crippen molar-refractivity contribution < 1.29 is 4.79 Å². The number of aromatic amines is 1. The van der Waals surface area contributed by atoms with Crippen molar-refractivity contribution in [3.8, 4) is 0 Å². The topological polar surface area (TPSA) is 96.2 Å². The number of carbonyl (C=O) groups is 1. The van der Waals surface area contributed by atoms with E-state index in [1.54, 1.807) is 19.1 Å². The van der Waals surface area contributed by atoms with Crippen molar-refractivity contribution in [3.63, 3.8) is 0 Å². The van der Waals surface area contributed by atoms with Gasteiger partial charge in [-0.25, -0.2) is 4.99 Å². The first kappa shape index (κ1) is 20.6. The summed E-state index contributed by atoms with van der Waals surface area (Å²) in [6, 6.07) is 7.78. The number of aromatic nitrogens is 2. The maximum Gasteiger partial charge on any atom is 0.277 e. The number of aliphatic imine (C=N–C) groups is 1. The van der Waals surface area contributed by atoms with Gasteiger partial charge in [0, 0.05) is 16.8 Å². The number of carbonyl (C=O) groups excluding carboxylic acids is 1. The average molecular weight is 375 g/mol. The second kappa shape index (κ2) is 9.32. The van der Waals surface area contributed by atoms with Crippen molar-refractivity contribution in [2.45, 2.75) is 20.8 Å². The number of benzene rings is 1. The Morgan fingerprint density at radius 2 is 1.96 bits per heavy atom. The Bertz CT molecular complexity index is 971. The minimum atomic E-state index is -0.459. The van der Waals surface area contributed by atoms with Crippen molar-refractivity contribution in [2.75, 3.05) is 5.32 Å². The van der Waals surface area contributed by atoms with Gasteiger partial charge in [0.1, 0.15) is 5.70 Å². The summed E-state index contributed by atoms with van der Waals surface area (Å²) in [4.78, 5) is 17.3. The highest BCUT2D eigenvalue weighted by atomic mass is 16.2. The number of allylic oxidation sites excluding steroid dienone is 3. The summed E-state index contributed by atoms with van der Waals surface area (Å²) < 4.78 is 0. The predicted molar refractivity (Wildman–Crippen MR) is 117 cm³/mol. The second-order valence-electron chi connectivity index (χ2n) is 6.16. The lowest BCUT2D eigenvalue weighted by molar-refractivity contribution is -0.112. The van der Waals surface area contributed by atoms with Crippen LogP contribution in [0.2, 0.25) is 0 Å². The van der Waals surface area contributed by atoms with Gasteiger partial charge in [-0.1, -0.05) is 55.1 Å². The van der Waals surface area contributed by atoms with E-state index in [0.29, 0.717) is 17.2 Å². The SMILES string of the molecule is C=CC(=N/C(C(=O)Nc1n[nH]c(C=C)c1/C=C\C)=C(\C)N)c1ccc(C)cc1. The van der Waals surface area contributed by atoms with Crippen molar-refractivity contribution >= 4 is 29.6 Å². The highest BCUT2D eigenvalue weighted by Gasteiger charge is 2.17. The standard InChI is InChI=1S/C22H25N5O/c1-6-9-17-19(8-3)26-27-21(17)25-22(28)20(15(5)23)24-18(7-2)16-12-10-14(4)11-13-16/h6-13H,2-3,23H2,1,4-5H3,(H2,25,26,27,28)/b9-6-,20-15+,24-18?. The van der Waals surface area contributed by atoms with Gasteiger partial charge < -0.3 is 11.1 Å². The Morgan fingerprint density at radius 3 is 2.50 bits per heavy atom. The van der Waals surface area contributed by atoms with Crippen LogP contribution in [0, 0.1) is 6.92 Å². The first-order valence-corrected chi connectivity index (χ1v) is 8.80. The molecular formula is C22H25N5O. The second-order valence-corrected chi connectivity index (χ2v) is 6.16. The average Bonchev–Trinajstić information content (AvgIpc) is 3.05. The molecule has 4 N–H and O–H groups in total. The molecule has 0 saturated heterocycles. The quantitative estimate of drug-likeness (QED) is 0.500. The van der Waals surface area contributed by atoms with Crippen LogP contribution in [0.3, 0.4) is 0 Å². The molecule has 0 unspecified atom stereocenters. The van der Waals surface area contributed by atoms with Gasteiger partial charge in [0.2, 0.25) is 0 Å². The van der Waals surface area contributed by atoms with E-state index in [4.69, 9.17) is 5.73 Å². The molecule has 0 spiro atoms. The Kier molecular flexibility index (Phi) is 6.87. The van der Waals surface area contributed by atoms with Gasteiger partial charge in [0.15, 0.2) is 5.82 Å². The number of hydrogen-bond acceptors (Lipinski definition) is 4. The number of nitrogens with zero attached hydrogens (tertiary/aromatic N) is 2. The van der Waals surface area contributed by atoms with Gasteiger partial charge in [0.05, 0.1) is 11.4 Å². The van der Waals surface area contributed by atoms with E-state index in [1.807, 2.05) is 50.3 Å². The summed E-state index contributed by atoms with van der Waals surface area (Å²) in [5.74, 6) is -0.0817. The summed E-state index contributed by atoms with van der Waals surface area (Å²) in [6.45, 7) is 13.0. The number of anilines is 1. The summed E-state index contributed by atoms with van der Waals surface area (Å²) in [5, 5.41) is 9.74. The van der Waals surface area contributed by atoms with E-state index in [2.05, 4.69) is 33.7 Å². The molecule has 0 fully saturated rings. The number of rotatable bonds is 7. The number of hydrogen-bond donors (Lipinski definition) is 3. The fraction of sp³-hybridized carbons (Fsp3) is 0.136. The molecule has 1 amide bonds. The van der Waals surface area contributed by atoms with E-state index >= 15 is 0 Å². The van der Waals surface area contributed by atoms with E-state index in [1.165, 1.54) is 0 Å². The van der Waals surface area contributed by atoms with Crippen molar-refractivity contribution in [1.82, 2.24) is 10.2 Å². The lowest BCUT2D eigenvalue weighted by atomic mass is 10.1. The molecule has 0 aliphatic heterocycles. The summed E-state index contributed by atoms with van der Waals surface area (Å²) in [6.07, 6.45) is 6.91. The highest BCUT2D eigenvalue weighted by molar-refractivity contribution is 6.13. The molecule has 6 nitrogen and oxygen atoms in total. The van der Waals surface area contributed by atoms with Gasteiger partial charge >= 0.3 is 0 Å². The third-order valence-electron chi connectivity index (χ3n) is 3.96. The van der Waals surface area contributed by atoms with Crippen LogP contribution in [-0.2, 0) is 4.79 Å². The Balaban J connectivity index is 2.39. The van der Waals surface area contributed by atoms with Gasteiger partial charge in [-0.05, 0) is 32.9 Å². The molecule has 144 valence electrons. The highest BCUT2D eigenvalue weighted by Crippen LogP contribution is 2.21. The molecule has 0 saturated carbocycles. The largest absolute Gasteiger partial charge is 0.400 e. The van der Waals surface area contributed by atoms with Gasteiger partial charge in [-0.15, -0.1) is 0 Å². The van der Waals surface area contributed by atoms with E-state index < -0.39 is 5.91 Å². The molecule has 0 bridgehead atoms. The molecular weight excluding hydrogens is 350 g/mol. The van der Waals surface area contributed by atoms with Crippen LogP contribution in [0.4, 0.5) is 5.82 Å². The molecule has 0 aliphatic rings. The van der Waals surface area contributed by atoms with Crippen LogP contribution >= 0.6 is 0 Å². The van der Waals surface area contributed by atoms with Crippen LogP contribution in [0.5, 0.6) is 0 Å². The van der Waals surface area contributed by atoms with Gasteiger partial charge in [-0.3, -0.25) is 9.89 Å². The number of H-pyrrole nitrogens is 1. The van der Waals surface area contributed by atoms with Gasteiger partial charge in [-0.2, -0.15) is 5.10 Å². The third kappa shape index (κ3) is 4.73. The molecule has 2 rings (SSSR count). The third-order valence-corrected chi connectivity index (χ3v) is 3.96. The van der Waals surface area contributed by atoms with Crippen LogP contribution in [-0.4, -0.2) is 21.8 Å². The predicted octanol–water partition coefficient (Wildman–Crippen LogP) is 4.20. The Hall–Kier alpha value is -3.67. The van der Waals surface area contributed by atoms with Gasteiger partial charge in [0.25, 0.3) is 5.91 Å². The fourth-order valence-electron chi connectivity index (χ4n) is 2.51. The van der Waals surface area contributed by atoms with Crippen LogP contribution in [0.1, 0.15) is 36.2 Å². The molecule has 1 aromatic heterocycles. The van der Waals surface area contributed by atoms with E-state index in [-0.39, 0.29) is 11.4 Å². The first-order chi connectivity index (χ1) is 13.4. The maximum absolute atomic E-state index is 12.9. The lowest BCUT2D eigenvalue weighted by Crippen LogP contribution is -2.19. The minimum absolute atomic E-state index is 0.102. The number of aryl methyl sites for hydroxylation is 1. The fourth-order valence-corrected chi connectivity index (χ4v) is 2.51. The smallest absolute Gasteiger partial charge is 0.277 e.